The number of hydrogen-bond donors (Lipinski definition) is 1. The lowest BCUT2D eigenvalue weighted by Crippen LogP contribution is -2.34. The summed E-state index contributed by atoms with van der Waals surface area (Å²) in [5, 5.41) is 9.21. The van der Waals surface area contributed by atoms with Crippen molar-refractivity contribution < 1.29 is 14.7 Å². The third-order valence-electron chi connectivity index (χ3n) is 4.78. The third-order valence-corrected chi connectivity index (χ3v) is 4.78. The molecule has 0 radical (unpaired) electrons. The molecular formula is C19H28N2O3. The molecule has 1 amide bonds. The molecule has 132 valence electrons. The first-order chi connectivity index (χ1) is 11.5. The molecule has 0 spiro atoms. The van der Waals surface area contributed by atoms with Crippen LogP contribution in [-0.4, -0.2) is 53.5 Å². The molecule has 5 nitrogen and oxygen atoms in total. The number of piperidine rings is 1. The van der Waals surface area contributed by atoms with Crippen molar-refractivity contribution in [3.8, 4) is 0 Å². The number of carbonyl (C=O) groups is 2. The van der Waals surface area contributed by atoms with Gasteiger partial charge in [0.25, 0.3) is 0 Å². The van der Waals surface area contributed by atoms with Gasteiger partial charge in [0.2, 0.25) is 5.91 Å². The van der Waals surface area contributed by atoms with Crippen molar-refractivity contribution in [2.24, 2.45) is 5.92 Å². The summed E-state index contributed by atoms with van der Waals surface area (Å²) < 4.78 is 0. The fraction of sp³-hybridized carbons (Fsp3) is 0.579. The number of carbonyl (C=O) groups excluding carboxylic acids is 1. The number of benzene rings is 1. The molecule has 0 saturated carbocycles. The standard InChI is InChI=1S/C12H13NO3.C7H15N/c14-10-7-4-8-13(10)11(12(15)16)9-5-2-1-3-6-9;1-7-3-5-8(2)6-4-7/h1-3,5-6,11H,4,7-8H2,(H,15,16);7H,3-6H2,1-2H3. The van der Waals surface area contributed by atoms with Crippen molar-refractivity contribution in [2.75, 3.05) is 26.7 Å². The van der Waals surface area contributed by atoms with E-state index >= 15 is 0 Å². The first-order valence-electron chi connectivity index (χ1n) is 8.74. The van der Waals surface area contributed by atoms with Gasteiger partial charge < -0.3 is 14.9 Å². The van der Waals surface area contributed by atoms with Crippen LogP contribution in [0.25, 0.3) is 0 Å². The van der Waals surface area contributed by atoms with Crippen molar-refractivity contribution in [2.45, 2.75) is 38.6 Å². The predicted molar refractivity (Wildman–Crippen MR) is 93.7 cm³/mol. The van der Waals surface area contributed by atoms with Gasteiger partial charge in [-0.15, -0.1) is 0 Å². The number of likely N-dealkylation sites (tertiary alicyclic amines) is 2. The van der Waals surface area contributed by atoms with E-state index in [1.165, 1.54) is 30.8 Å². The molecule has 1 N–H and O–H groups in total. The molecule has 2 aliphatic rings. The molecule has 1 aromatic rings. The molecule has 0 bridgehead atoms. The molecule has 1 atom stereocenters. The van der Waals surface area contributed by atoms with E-state index in [1.807, 2.05) is 6.07 Å². The van der Waals surface area contributed by atoms with Gasteiger partial charge in [0.1, 0.15) is 0 Å². The van der Waals surface area contributed by atoms with Gasteiger partial charge in [-0.25, -0.2) is 4.79 Å². The maximum absolute atomic E-state index is 11.6. The van der Waals surface area contributed by atoms with E-state index in [1.54, 1.807) is 24.3 Å². The van der Waals surface area contributed by atoms with Gasteiger partial charge in [-0.05, 0) is 50.9 Å². The summed E-state index contributed by atoms with van der Waals surface area (Å²) in [7, 11) is 2.20. The molecule has 0 aromatic heterocycles. The second-order valence-corrected chi connectivity index (χ2v) is 6.83. The molecule has 24 heavy (non-hydrogen) atoms. The Morgan fingerprint density at radius 3 is 2.25 bits per heavy atom. The van der Waals surface area contributed by atoms with Crippen LogP contribution in [0.2, 0.25) is 0 Å². The van der Waals surface area contributed by atoms with E-state index in [0.717, 1.165) is 12.3 Å². The average Bonchev–Trinajstić information content (AvgIpc) is 2.98. The molecular weight excluding hydrogens is 304 g/mol. The Bertz CT molecular complexity index is 529. The Labute approximate surface area is 144 Å². The van der Waals surface area contributed by atoms with Crippen LogP contribution in [0, 0.1) is 5.92 Å². The third kappa shape index (κ3) is 5.06. The minimum absolute atomic E-state index is 0.0729. The van der Waals surface area contributed by atoms with Crippen LogP contribution < -0.4 is 0 Å². The summed E-state index contributed by atoms with van der Waals surface area (Å²) in [5.74, 6) is -0.0658. The smallest absolute Gasteiger partial charge is 0.331 e. The predicted octanol–water partition coefficient (Wildman–Crippen LogP) is 2.78. The highest BCUT2D eigenvalue weighted by Crippen LogP contribution is 2.25. The van der Waals surface area contributed by atoms with Crippen LogP contribution >= 0.6 is 0 Å². The summed E-state index contributed by atoms with van der Waals surface area (Å²) in [6.07, 6.45) is 4.00. The van der Waals surface area contributed by atoms with Gasteiger partial charge in [0.15, 0.2) is 6.04 Å². The average molecular weight is 332 g/mol. The zero-order valence-corrected chi connectivity index (χ0v) is 14.6. The molecule has 2 saturated heterocycles. The van der Waals surface area contributed by atoms with Gasteiger partial charge >= 0.3 is 5.97 Å². The minimum Gasteiger partial charge on any atom is -0.479 e. The molecule has 0 aliphatic carbocycles. The van der Waals surface area contributed by atoms with Crippen molar-refractivity contribution in [1.29, 1.82) is 0 Å². The monoisotopic (exact) mass is 332 g/mol. The number of rotatable bonds is 3. The number of hydrogen-bond acceptors (Lipinski definition) is 3. The van der Waals surface area contributed by atoms with Crippen LogP contribution in [-0.2, 0) is 9.59 Å². The van der Waals surface area contributed by atoms with Crippen molar-refractivity contribution >= 4 is 11.9 Å². The first-order valence-corrected chi connectivity index (χ1v) is 8.74. The Balaban J connectivity index is 0.000000219. The Morgan fingerprint density at radius 2 is 1.79 bits per heavy atom. The lowest BCUT2D eigenvalue weighted by Gasteiger charge is -2.26. The first kappa shape index (κ1) is 18.5. The zero-order valence-electron chi connectivity index (χ0n) is 14.6. The second-order valence-electron chi connectivity index (χ2n) is 6.83. The highest BCUT2D eigenvalue weighted by Gasteiger charge is 2.33. The lowest BCUT2D eigenvalue weighted by molar-refractivity contribution is -0.148. The van der Waals surface area contributed by atoms with E-state index in [9.17, 15) is 14.7 Å². The number of nitrogens with zero attached hydrogens (tertiary/aromatic N) is 2. The lowest BCUT2D eigenvalue weighted by atomic mass is 10.00. The van der Waals surface area contributed by atoms with E-state index in [0.29, 0.717) is 18.5 Å². The van der Waals surface area contributed by atoms with E-state index < -0.39 is 12.0 Å². The van der Waals surface area contributed by atoms with Crippen molar-refractivity contribution in [3.05, 3.63) is 35.9 Å². The van der Waals surface area contributed by atoms with Gasteiger partial charge in [0.05, 0.1) is 0 Å². The van der Waals surface area contributed by atoms with Crippen LogP contribution in [0.15, 0.2) is 30.3 Å². The van der Waals surface area contributed by atoms with Crippen LogP contribution in [0.3, 0.4) is 0 Å². The van der Waals surface area contributed by atoms with E-state index in [4.69, 9.17) is 0 Å². The molecule has 3 rings (SSSR count). The van der Waals surface area contributed by atoms with E-state index in [2.05, 4.69) is 18.9 Å². The quantitative estimate of drug-likeness (QED) is 0.924. The number of aliphatic carboxylic acids is 1. The Kier molecular flexibility index (Phi) is 6.79. The van der Waals surface area contributed by atoms with Gasteiger partial charge in [-0.2, -0.15) is 0 Å². The normalized spacial score (nSPS) is 20.4. The zero-order chi connectivity index (χ0) is 17.5. The highest BCUT2D eigenvalue weighted by molar-refractivity contribution is 5.85. The molecule has 2 aliphatic heterocycles. The largest absolute Gasteiger partial charge is 0.479 e. The fourth-order valence-electron chi connectivity index (χ4n) is 3.17. The summed E-state index contributed by atoms with van der Waals surface area (Å²) in [6, 6.07) is 8.04. The summed E-state index contributed by atoms with van der Waals surface area (Å²) in [6.45, 7) is 5.49. The van der Waals surface area contributed by atoms with Gasteiger partial charge in [0, 0.05) is 13.0 Å². The molecule has 1 unspecified atom stereocenters. The summed E-state index contributed by atoms with van der Waals surface area (Å²) >= 11 is 0. The Morgan fingerprint density at radius 1 is 1.17 bits per heavy atom. The van der Waals surface area contributed by atoms with Gasteiger partial charge in [-0.3, -0.25) is 4.79 Å². The second kappa shape index (κ2) is 8.83. The number of carboxylic acid groups (broad SMARTS) is 1. The van der Waals surface area contributed by atoms with Crippen LogP contribution in [0.1, 0.15) is 44.2 Å². The SMILES string of the molecule is CC1CCN(C)CC1.O=C(O)C(c1ccccc1)N1CCCC1=O. The van der Waals surface area contributed by atoms with Gasteiger partial charge in [-0.1, -0.05) is 37.3 Å². The fourth-order valence-corrected chi connectivity index (χ4v) is 3.17. The molecule has 5 heteroatoms. The molecule has 2 fully saturated rings. The summed E-state index contributed by atoms with van der Waals surface area (Å²) in [5.41, 5.74) is 0.658. The highest BCUT2D eigenvalue weighted by atomic mass is 16.4. The Hall–Kier alpha value is -1.88. The van der Waals surface area contributed by atoms with Crippen molar-refractivity contribution in [3.63, 3.8) is 0 Å². The van der Waals surface area contributed by atoms with Crippen molar-refractivity contribution in [1.82, 2.24) is 9.80 Å². The molecule has 2 heterocycles. The topological polar surface area (TPSA) is 60.9 Å². The maximum Gasteiger partial charge on any atom is 0.331 e. The maximum atomic E-state index is 11.6. The minimum atomic E-state index is -0.971. The number of amides is 1. The van der Waals surface area contributed by atoms with Crippen LogP contribution in [0.4, 0.5) is 0 Å². The summed E-state index contributed by atoms with van der Waals surface area (Å²) in [4.78, 5) is 26.6. The van der Waals surface area contributed by atoms with Crippen LogP contribution in [0.5, 0.6) is 0 Å². The van der Waals surface area contributed by atoms with E-state index in [-0.39, 0.29) is 5.91 Å². The molecule has 1 aromatic carbocycles. The number of carboxylic acids is 1.